The van der Waals surface area contributed by atoms with Gasteiger partial charge in [-0.25, -0.2) is 15.0 Å². The van der Waals surface area contributed by atoms with E-state index in [9.17, 15) is 0 Å². The van der Waals surface area contributed by atoms with Crippen molar-refractivity contribution in [2.75, 3.05) is 11.9 Å². The predicted octanol–water partition coefficient (Wildman–Crippen LogP) is 2.39. The van der Waals surface area contributed by atoms with Crippen molar-refractivity contribution in [2.24, 2.45) is 7.05 Å². The van der Waals surface area contributed by atoms with Gasteiger partial charge in [-0.3, -0.25) is 0 Å². The lowest BCUT2D eigenvalue weighted by Gasteiger charge is -2.06. The van der Waals surface area contributed by atoms with Crippen molar-refractivity contribution in [2.45, 2.75) is 13.3 Å². The summed E-state index contributed by atoms with van der Waals surface area (Å²) in [6, 6.07) is 2.13. The van der Waals surface area contributed by atoms with Gasteiger partial charge in [-0.05, 0) is 13.0 Å². The second-order valence-electron chi connectivity index (χ2n) is 4.47. The summed E-state index contributed by atoms with van der Waals surface area (Å²) in [6.45, 7) is 2.92. The summed E-state index contributed by atoms with van der Waals surface area (Å²) < 4.78 is 2.03. The van der Waals surface area contributed by atoms with E-state index in [0.29, 0.717) is 0 Å². The molecule has 0 spiro atoms. The monoisotopic (exact) mass is 273 g/mol. The molecule has 3 heterocycles. The molecular weight excluding hydrogens is 258 g/mol. The second-order valence-corrected chi connectivity index (χ2v) is 5.71. The maximum atomic E-state index is 4.32. The zero-order chi connectivity index (χ0) is 13.2. The van der Waals surface area contributed by atoms with Crippen molar-refractivity contribution in [1.82, 2.24) is 19.5 Å². The van der Waals surface area contributed by atoms with E-state index >= 15 is 0 Å². The van der Waals surface area contributed by atoms with E-state index in [4.69, 9.17) is 0 Å². The van der Waals surface area contributed by atoms with Gasteiger partial charge in [-0.15, -0.1) is 11.3 Å². The Labute approximate surface area is 115 Å². The van der Waals surface area contributed by atoms with Gasteiger partial charge in [0.25, 0.3) is 0 Å². The van der Waals surface area contributed by atoms with Gasteiger partial charge in [0, 0.05) is 36.8 Å². The number of aryl methyl sites for hydroxylation is 2. The molecule has 1 N–H and O–H groups in total. The first kappa shape index (κ1) is 12.1. The van der Waals surface area contributed by atoms with Gasteiger partial charge >= 0.3 is 0 Å². The van der Waals surface area contributed by atoms with Gasteiger partial charge in [-0.1, -0.05) is 0 Å². The van der Waals surface area contributed by atoms with Crippen molar-refractivity contribution < 1.29 is 0 Å². The number of thiophene rings is 1. The van der Waals surface area contributed by atoms with Crippen LogP contribution in [0.4, 0.5) is 5.82 Å². The minimum Gasteiger partial charge on any atom is -0.369 e. The van der Waals surface area contributed by atoms with Crippen molar-refractivity contribution in [3.8, 4) is 0 Å². The molecule has 0 aliphatic heterocycles. The number of hydrogen-bond acceptors (Lipinski definition) is 5. The molecule has 0 fully saturated rings. The van der Waals surface area contributed by atoms with Gasteiger partial charge in [0.1, 0.15) is 17.0 Å². The lowest BCUT2D eigenvalue weighted by molar-refractivity contribution is 0.815. The average molecular weight is 273 g/mol. The summed E-state index contributed by atoms with van der Waals surface area (Å²) in [4.78, 5) is 15.0. The molecule has 6 heteroatoms. The van der Waals surface area contributed by atoms with Crippen LogP contribution < -0.4 is 5.32 Å². The van der Waals surface area contributed by atoms with E-state index in [1.54, 1.807) is 17.7 Å². The molecule has 0 atom stereocenters. The highest BCUT2D eigenvalue weighted by molar-refractivity contribution is 7.18. The molecule has 0 saturated heterocycles. The molecular formula is C13H15N5S. The van der Waals surface area contributed by atoms with Crippen LogP contribution in [-0.4, -0.2) is 26.1 Å². The highest BCUT2D eigenvalue weighted by Crippen LogP contribution is 2.27. The molecule has 0 saturated carbocycles. The molecule has 3 aromatic heterocycles. The van der Waals surface area contributed by atoms with Crippen LogP contribution >= 0.6 is 11.3 Å². The summed E-state index contributed by atoms with van der Waals surface area (Å²) in [5.41, 5.74) is 1.21. The van der Waals surface area contributed by atoms with Gasteiger partial charge < -0.3 is 9.88 Å². The molecule has 3 aromatic rings. The van der Waals surface area contributed by atoms with Crippen LogP contribution in [-0.2, 0) is 13.5 Å². The number of fused-ring (bicyclic) bond motifs is 1. The van der Waals surface area contributed by atoms with Crippen LogP contribution in [0.15, 0.2) is 24.9 Å². The lowest BCUT2D eigenvalue weighted by atomic mass is 10.3. The van der Waals surface area contributed by atoms with E-state index in [2.05, 4.69) is 33.3 Å². The Balaban J connectivity index is 1.73. The summed E-state index contributed by atoms with van der Waals surface area (Å²) in [7, 11) is 2.01. The number of anilines is 1. The molecule has 98 valence electrons. The fourth-order valence-corrected chi connectivity index (χ4v) is 2.90. The fraction of sp³-hybridized carbons (Fsp3) is 0.308. The average Bonchev–Trinajstić information content (AvgIpc) is 2.95. The van der Waals surface area contributed by atoms with Crippen LogP contribution in [0.25, 0.3) is 10.2 Å². The molecule has 0 unspecified atom stereocenters. The number of nitrogens with zero attached hydrogens (tertiary/aromatic N) is 4. The number of nitrogens with one attached hydrogen (secondary N) is 1. The Bertz CT molecular complexity index is 700. The number of imidazole rings is 1. The van der Waals surface area contributed by atoms with Crippen molar-refractivity contribution in [3.63, 3.8) is 0 Å². The summed E-state index contributed by atoms with van der Waals surface area (Å²) in [5, 5.41) is 4.49. The highest BCUT2D eigenvalue weighted by atomic mass is 32.1. The van der Waals surface area contributed by atoms with Gasteiger partial charge in [-0.2, -0.15) is 0 Å². The maximum Gasteiger partial charge on any atom is 0.138 e. The maximum absolute atomic E-state index is 4.32. The Kier molecular flexibility index (Phi) is 3.16. The van der Waals surface area contributed by atoms with E-state index in [0.717, 1.165) is 29.0 Å². The molecule has 0 bridgehead atoms. The molecule has 0 radical (unpaired) electrons. The molecule has 3 rings (SSSR count). The van der Waals surface area contributed by atoms with Crippen LogP contribution in [0.3, 0.4) is 0 Å². The Morgan fingerprint density at radius 2 is 2.26 bits per heavy atom. The van der Waals surface area contributed by atoms with Crippen LogP contribution in [0.5, 0.6) is 0 Å². The third-order valence-corrected chi connectivity index (χ3v) is 4.00. The minimum atomic E-state index is 0.834. The number of aromatic nitrogens is 4. The summed E-state index contributed by atoms with van der Waals surface area (Å²) in [5.74, 6) is 0.913. The fourth-order valence-electron chi connectivity index (χ4n) is 2.05. The Morgan fingerprint density at radius 1 is 1.37 bits per heavy atom. The molecule has 0 amide bonds. The predicted molar refractivity (Wildman–Crippen MR) is 77.6 cm³/mol. The van der Waals surface area contributed by atoms with E-state index in [1.807, 2.05) is 24.1 Å². The zero-order valence-corrected chi connectivity index (χ0v) is 11.7. The molecule has 19 heavy (non-hydrogen) atoms. The summed E-state index contributed by atoms with van der Waals surface area (Å²) in [6.07, 6.45) is 6.25. The second kappa shape index (κ2) is 4.97. The van der Waals surface area contributed by atoms with Crippen molar-refractivity contribution in [1.29, 1.82) is 0 Å². The Hall–Kier alpha value is -1.95. The van der Waals surface area contributed by atoms with E-state index in [-0.39, 0.29) is 0 Å². The first-order chi connectivity index (χ1) is 9.24. The van der Waals surface area contributed by atoms with Crippen molar-refractivity contribution in [3.05, 3.63) is 35.5 Å². The third-order valence-electron chi connectivity index (χ3n) is 3.04. The van der Waals surface area contributed by atoms with Gasteiger partial charge in [0.05, 0.1) is 11.7 Å². The molecule has 5 nitrogen and oxygen atoms in total. The smallest absolute Gasteiger partial charge is 0.138 e. The standard InChI is InChI=1S/C13H15N5S/c1-9-5-11-12(16-7-17-13(11)19-9)15-4-3-10-6-14-8-18(10)2/h5-8H,3-4H2,1-2H3,(H,15,16,17). The first-order valence-electron chi connectivity index (χ1n) is 6.14. The largest absolute Gasteiger partial charge is 0.369 e. The van der Waals surface area contributed by atoms with Gasteiger partial charge in [0.2, 0.25) is 0 Å². The topological polar surface area (TPSA) is 55.6 Å². The number of hydrogen-bond donors (Lipinski definition) is 1. The van der Waals surface area contributed by atoms with Gasteiger partial charge in [0.15, 0.2) is 0 Å². The lowest BCUT2D eigenvalue weighted by Crippen LogP contribution is -2.08. The van der Waals surface area contributed by atoms with Crippen LogP contribution in [0.2, 0.25) is 0 Å². The number of rotatable bonds is 4. The first-order valence-corrected chi connectivity index (χ1v) is 6.96. The normalized spacial score (nSPS) is 11.1. The van der Waals surface area contributed by atoms with Crippen LogP contribution in [0.1, 0.15) is 10.6 Å². The minimum absolute atomic E-state index is 0.834. The molecule has 0 aliphatic rings. The van der Waals surface area contributed by atoms with Crippen molar-refractivity contribution >= 4 is 27.4 Å². The van der Waals surface area contributed by atoms with E-state index in [1.165, 1.54) is 10.6 Å². The third kappa shape index (κ3) is 2.44. The highest BCUT2D eigenvalue weighted by Gasteiger charge is 2.06. The van der Waals surface area contributed by atoms with E-state index < -0.39 is 0 Å². The molecule has 0 aliphatic carbocycles. The van der Waals surface area contributed by atoms with Crippen LogP contribution in [0, 0.1) is 6.92 Å². The molecule has 0 aromatic carbocycles. The Morgan fingerprint density at radius 3 is 3.05 bits per heavy atom. The summed E-state index contributed by atoms with van der Waals surface area (Å²) >= 11 is 1.69. The zero-order valence-electron chi connectivity index (χ0n) is 10.9. The SMILES string of the molecule is Cc1cc2c(NCCc3cncn3C)ncnc2s1. The quantitative estimate of drug-likeness (QED) is 0.793.